The van der Waals surface area contributed by atoms with E-state index in [2.05, 4.69) is 41.3 Å². The molecule has 2 heterocycles. The smallest absolute Gasteiger partial charge is 0.158 e. The molecule has 0 bridgehead atoms. The lowest BCUT2D eigenvalue weighted by molar-refractivity contribution is 0.184. The maximum Gasteiger partial charge on any atom is 0.158 e. The van der Waals surface area contributed by atoms with Gasteiger partial charge in [0.05, 0.1) is 11.6 Å². The minimum atomic E-state index is -0.253. The molecule has 0 saturated heterocycles. The first-order chi connectivity index (χ1) is 13.5. The number of nitrogens with one attached hydrogen (secondary N) is 1. The first-order valence-corrected chi connectivity index (χ1v) is 10.6. The lowest BCUT2D eigenvalue weighted by atomic mass is 9.69. The first kappa shape index (κ1) is 19.0. The molecule has 6 heteroatoms. The molecule has 3 aromatic rings. The second kappa shape index (κ2) is 7.59. The van der Waals surface area contributed by atoms with Crippen LogP contribution >= 0.6 is 11.3 Å². The second-order valence-corrected chi connectivity index (χ2v) is 9.19. The molecule has 1 aliphatic carbocycles. The summed E-state index contributed by atoms with van der Waals surface area (Å²) in [5, 5.41) is 5.43. The highest BCUT2D eigenvalue weighted by molar-refractivity contribution is 7.19. The summed E-state index contributed by atoms with van der Waals surface area (Å²) in [7, 11) is 0. The molecule has 4 rings (SSSR count). The van der Waals surface area contributed by atoms with Gasteiger partial charge in [0, 0.05) is 4.88 Å². The van der Waals surface area contributed by atoms with Crippen molar-refractivity contribution in [3.8, 4) is 0 Å². The van der Waals surface area contributed by atoms with Gasteiger partial charge in [-0.1, -0.05) is 39.3 Å². The number of rotatable bonds is 5. The Kier molecular flexibility index (Phi) is 5.15. The molecule has 1 aromatic carbocycles. The molecule has 0 radical (unpaired) electrons. The van der Waals surface area contributed by atoms with E-state index in [1.807, 2.05) is 0 Å². The molecule has 1 aliphatic rings. The van der Waals surface area contributed by atoms with E-state index < -0.39 is 0 Å². The van der Waals surface area contributed by atoms with E-state index in [4.69, 9.17) is 0 Å². The summed E-state index contributed by atoms with van der Waals surface area (Å²) in [4.78, 5) is 11.4. The number of hydrogen-bond acceptors (Lipinski definition) is 5. The lowest BCUT2D eigenvalue weighted by Crippen LogP contribution is -2.28. The highest BCUT2D eigenvalue weighted by atomic mass is 32.1. The van der Waals surface area contributed by atoms with Crippen LogP contribution in [0.4, 0.5) is 10.2 Å². The van der Waals surface area contributed by atoms with Crippen molar-refractivity contribution >= 4 is 33.6 Å². The highest BCUT2D eigenvalue weighted by Gasteiger charge is 2.33. The summed E-state index contributed by atoms with van der Waals surface area (Å²) in [5.74, 6) is 1.16. The monoisotopic (exact) mass is 396 g/mol. The number of aromatic nitrogens is 2. The van der Waals surface area contributed by atoms with Crippen LogP contribution in [0.3, 0.4) is 0 Å². The van der Waals surface area contributed by atoms with Crippen LogP contribution < -0.4 is 5.43 Å². The van der Waals surface area contributed by atoms with Gasteiger partial charge in [0.1, 0.15) is 17.0 Å². The highest BCUT2D eigenvalue weighted by Crippen LogP contribution is 2.45. The van der Waals surface area contributed by atoms with Crippen LogP contribution in [-0.4, -0.2) is 16.2 Å². The van der Waals surface area contributed by atoms with Crippen LogP contribution in [0.1, 0.15) is 49.6 Å². The van der Waals surface area contributed by atoms with Gasteiger partial charge >= 0.3 is 0 Å². The van der Waals surface area contributed by atoms with E-state index in [9.17, 15) is 4.39 Å². The van der Waals surface area contributed by atoms with Gasteiger partial charge < -0.3 is 0 Å². The van der Waals surface area contributed by atoms with E-state index in [1.165, 1.54) is 35.4 Å². The van der Waals surface area contributed by atoms with Crippen molar-refractivity contribution in [1.29, 1.82) is 0 Å². The van der Waals surface area contributed by atoms with Crippen molar-refractivity contribution < 1.29 is 4.39 Å². The summed E-state index contributed by atoms with van der Waals surface area (Å²) in [6, 6.07) is 6.24. The molecule has 0 fully saturated rings. The van der Waals surface area contributed by atoms with Crippen molar-refractivity contribution in [3.05, 3.63) is 52.4 Å². The van der Waals surface area contributed by atoms with Crippen LogP contribution in [0.5, 0.6) is 0 Å². The normalized spacial score (nSPS) is 17.2. The van der Waals surface area contributed by atoms with Crippen LogP contribution in [-0.2, 0) is 12.8 Å². The third-order valence-corrected chi connectivity index (χ3v) is 7.31. The Labute approximate surface area is 168 Å². The van der Waals surface area contributed by atoms with Gasteiger partial charge in [-0.2, -0.15) is 5.10 Å². The van der Waals surface area contributed by atoms with Crippen molar-refractivity contribution in [1.82, 2.24) is 9.97 Å². The molecule has 0 spiro atoms. The molecule has 0 amide bonds. The maximum absolute atomic E-state index is 13.0. The molecule has 1 N–H and O–H groups in total. The number of hydrazone groups is 1. The number of halogens is 1. The Bertz CT molecular complexity index is 1010. The average Bonchev–Trinajstić information content (AvgIpc) is 3.08. The summed E-state index contributed by atoms with van der Waals surface area (Å²) < 4.78 is 13.0. The van der Waals surface area contributed by atoms with E-state index in [0.717, 1.165) is 34.4 Å². The van der Waals surface area contributed by atoms with Gasteiger partial charge in [-0.25, -0.2) is 14.4 Å². The van der Waals surface area contributed by atoms with E-state index >= 15 is 0 Å². The minimum Gasteiger partial charge on any atom is -0.261 e. The Morgan fingerprint density at radius 1 is 1.29 bits per heavy atom. The molecule has 146 valence electrons. The van der Waals surface area contributed by atoms with Gasteiger partial charge in [0.25, 0.3) is 0 Å². The Hall–Kier alpha value is -2.34. The molecular formula is C22H25FN4S. The molecular weight excluding hydrogens is 371 g/mol. The van der Waals surface area contributed by atoms with E-state index in [0.29, 0.717) is 11.3 Å². The van der Waals surface area contributed by atoms with Crippen LogP contribution in [0, 0.1) is 17.2 Å². The number of hydrogen-bond donors (Lipinski definition) is 1. The minimum absolute atomic E-state index is 0.253. The van der Waals surface area contributed by atoms with Crippen molar-refractivity contribution in [2.75, 3.05) is 5.43 Å². The topological polar surface area (TPSA) is 50.2 Å². The molecule has 28 heavy (non-hydrogen) atoms. The molecule has 1 unspecified atom stereocenters. The average molecular weight is 397 g/mol. The lowest BCUT2D eigenvalue weighted by Gasteiger charge is -2.36. The number of benzene rings is 1. The van der Waals surface area contributed by atoms with Crippen molar-refractivity contribution in [2.45, 2.75) is 46.5 Å². The third kappa shape index (κ3) is 3.65. The summed E-state index contributed by atoms with van der Waals surface area (Å²) >= 11 is 1.78. The number of thiophene rings is 1. The van der Waals surface area contributed by atoms with E-state index in [-0.39, 0.29) is 5.82 Å². The quantitative estimate of drug-likeness (QED) is 0.437. The molecule has 1 atom stereocenters. The SMILES string of the molecule is CCC(C)(C)C1CCc2sc3ncnc(NN=Cc4ccc(F)cc4)c3c2C1. The van der Waals surface area contributed by atoms with E-state index in [1.54, 1.807) is 36.0 Å². The van der Waals surface area contributed by atoms with Gasteiger partial charge in [-0.15, -0.1) is 11.3 Å². The molecule has 4 nitrogen and oxygen atoms in total. The fourth-order valence-electron chi connectivity index (χ4n) is 3.87. The Balaban J connectivity index is 1.63. The number of nitrogens with zero attached hydrogens (tertiary/aromatic N) is 3. The van der Waals surface area contributed by atoms with Crippen molar-refractivity contribution in [3.63, 3.8) is 0 Å². The summed E-state index contributed by atoms with van der Waals surface area (Å²) in [6.45, 7) is 7.03. The fraction of sp³-hybridized carbons (Fsp3) is 0.409. The largest absolute Gasteiger partial charge is 0.261 e. The van der Waals surface area contributed by atoms with Crippen LogP contribution in [0.15, 0.2) is 35.7 Å². The summed E-state index contributed by atoms with van der Waals surface area (Å²) in [5.41, 5.74) is 5.63. The Morgan fingerprint density at radius 2 is 2.07 bits per heavy atom. The second-order valence-electron chi connectivity index (χ2n) is 8.11. The predicted octanol–water partition coefficient (Wildman–Crippen LogP) is 5.82. The molecule has 0 aliphatic heterocycles. The number of fused-ring (bicyclic) bond motifs is 3. The van der Waals surface area contributed by atoms with Gasteiger partial charge in [0.2, 0.25) is 0 Å². The molecule has 2 aromatic heterocycles. The van der Waals surface area contributed by atoms with Gasteiger partial charge in [0.15, 0.2) is 5.82 Å². The fourth-order valence-corrected chi connectivity index (χ4v) is 5.05. The summed E-state index contributed by atoms with van der Waals surface area (Å²) in [6.07, 6.45) is 7.86. The number of aryl methyl sites for hydroxylation is 1. The molecule has 0 saturated carbocycles. The van der Waals surface area contributed by atoms with Crippen LogP contribution in [0.25, 0.3) is 10.2 Å². The first-order valence-electron chi connectivity index (χ1n) is 9.78. The third-order valence-electron chi connectivity index (χ3n) is 6.11. The zero-order chi connectivity index (χ0) is 19.7. The maximum atomic E-state index is 13.0. The van der Waals surface area contributed by atoms with Gasteiger partial charge in [-0.3, -0.25) is 5.43 Å². The van der Waals surface area contributed by atoms with Crippen LogP contribution in [0.2, 0.25) is 0 Å². The zero-order valence-corrected chi connectivity index (χ0v) is 17.3. The predicted molar refractivity (Wildman–Crippen MR) is 115 cm³/mol. The number of anilines is 1. The Morgan fingerprint density at radius 3 is 2.82 bits per heavy atom. The zero-order valence-electron chi connectivity index (χ0n) is 16.5. The van der Waals surface area contributed by atoms with Gasteiger partial charge in [-0.05, 0) is 53.9 Å². The van der Waals surface area contributed by atoms with Crippen molar-refractivity contribution in [2.24, 2.45) is 16.4 Å². The standard InChI is InChI=1S/C22H25FN4S/c1-4-22(2,3)15-7-10-18-17(11-15)19-20(24-13-25-21(19)28-18)27-26-12-14-5-8-16(23)9-6-14/h5-6,8-9,12-13,15H,4,7,10-11H2,1-3H3,(H,24,25,27).